The smallest absolute Gasteiger partial charge is 0.271 e. The van der Waals surface area contributed by atoms with Crippen molar-refractivity contribution < 1.29 is 14.0 Å². The first kappa shape index (κ1) is 23.2. The van der Waals surface area contributed by atoms with Crippen LogP contribution >= 0.6 is 0 Å². The third-order valence-electron chi connectivity index (χ3n) is 6.33. The molecule has 3 heterocycles. The lowest BCUT2D eigenvalue weighted by Crippen LogP contribution is -2.17. The molecule has 2 aromatic carbocycles. The second kappa shape index (κ2) is 9.22. The van der Waals surface area contributed by atoms with Gasteiger partial charge in [-0.15, -0.1) is 0 Å². The number of amides is 1. The van der Waals surface area contributed by atoms with E-state index in [0.29, 0.717) is 27.9 Å². The van der Waals surface area contributed by atoms with Crippen LogP contribution in [0.25, 0.3) is 16.6 Å². The Balaban J connectivity index is 1.44. The molecule has 0 aliphatic carbocycles. The van der Waals surface area contributed by atoms with Crippen LogP contribution in [0.1, 0.15) is 50.3 Å². The van der Waals surface area contributed by atoms with Crippen molar-refractivity contribution in [2.24, 2.45) is 5.10 Å². The van der Waals surface area contributed by atoms with E-state index in [0.717, 1.165) is 28.9 Å². The molecule has 0 atom stereocenters. The third kappa shape index (κ3) is 3.96. The standard InChI is InChI=1S/C28H24FN5O2/c1-4-33-18(3)31-23-15-20(10-13-25(23)33)28(36)32-30-16-22-17(2)26(34-14-6-5-7-24(22)34)27(35)19-8-11-21(29)12-9-19/h5-16H,4H2,1-3H3,(H,32,36)/b30-16+. The van der Waals surface area contributed by atoms with Gasteiger partial charge in [0.25, 0.3) is 5.91 Å². The van der Waals surface area contributed by atoms with Crippen LogP contribution in [0.5, 0.6) is 0 Å². The Bertz CT molecular complexity index is 1660. The van der Waals surface area contributed by atoms with Crippen molar-refractivity contribution in [3.05, 3.63) is 106 Å². The number of carbonyl (C=O) groups is 2. The van der Waals surface area contributed by atoms with Crippen molar-refractivity contribution in [1.82, 2.24) is 19.4 Å². The van der Waals surface area contributed by atoms with E-state index in [4.69, 9.17) is 0 Å². The van der Waals surface area contributed by atoms with E-state index >= 15 is 0 Å². The van der Waals surface area contributed by atoms with Gasteiger partial charge in [-0.05, 0) is 80.9 Å². The molecule has 1 N–H and O–H groups in total. The molecular weight excluding hydrogens is 457 g/mol. The van der Waals surface area contributed by atoms with Crippen LogP contribution < -0.4 is 5.43 Å². The van der Waals surface area contributed by atoms with Crippen molar-refractivity contribution in [2.75, 3.05) is 0 Å². The molecule has 0 saturated heterocycles. The van der Waals surface area contributed by atoms with Crippen LogP contribution in [0, 0.1) is 19.7 Å². The van der Waals surface area contributed by atoms with Gasteiger partial charge in [0, 0.05) is 29.4 Å². The minimum atomic E-state index is -0.403. The molecule has 0 spiro atoms. The average Bonchev–Trinajstić information content (AvgIpc) is 3.35. The summed E-state index contributed by atoms with van der Waals surface area (Å²) in [5.41, 5.74) is 7.77. The maximum atomic E-state index is 13.4. The van der Waals surface area contributed by atoms with Gasteiger partial charge >= 0.3 is 0 Å². The lowest BCUT2D eigenvalue weighted by Gasteiger charge is -2.04. The number of benzene rings is 2. The molecule has 36 heavy (non-hydrogen) atoms. The number of imidazole rings is 1. The van der Waals surface area contributed by atoms with Crippen molar-refractivity contribution >= 4 is 34.5 Å². The van der Waals surface area contributed by atoms with E-state index in [-0.39, 0.29) is 11.7 Å². The van der Waals surface area contributed by atoms with Gasteiger partial charge in [-0.1, -0.05) is 6.07 Å². The molecule has 0 unspecified atom stereocenters. The number of carbonyl (C=O) groups excluding carboxylic acids is 2. The zero-order chi connectivity index (χ0) is 25.4. The number of pyridine rings is 1. The number of halogens is 1. The lowest BCUT2D eigenvalue weighted by molar-refractivity contribution is 0.0954. The van der Waals surface area contributed by atoms with Crippen LogP contribution in [-0.4, -0.2) is 31.9 Å². The molecule has 0 bridgehead atoms. The Morgan fingerprint density at radius 2 is 1.78 bits per heavy atom. The summed E-state index contributed by atoms with van der Waals surface area (Å²) < 4.78 is 17.2. The number of hydrazone groups is 1. The molecule has 5 aromatic rings. The minimum Gasteiger partial charge on any atom is -0.329 e. The van der Waals surface area contributed by atoms with Gasteiger partial charge in [0.15, 0.2) is 0 Å². The molecule has 0 aliphatic rings. The third-order valence-corrected chi connectivity index (χ3v) is 6.33. The fraction of sp³-hybridized carbons (Fsp3) is 0.143. The van der Waals surface area contributed by atoms with Gasteiger partial charge in [-0.2, -0.15) is 5.10 Å². The van der Waals surface area contributed by atoms with E-state index in [9.17, 15) is 14.0 Å². The highest BCUT2D eigenvalue weighted by Gasteiger charge is 2.21. The summed E-state index contributed by atoms with van der Waals surface area (Å²) in [6.45, 7) is 6.62. The van der Waals surface area contributed by atoms with Gasteiger partial charge in [0.1, 0.15) is 11.6 Å². The molecular formula is C28H24FN5O2. The average molecular weight is 482 g/mol. The molecule has 0 aliphatic heterocycles. The highest BCUT2D eigenvalue weighted by atomic mass is 19.1. The Labute approximate surface area is 206 Å². The van der Waals surface area contributed by atoms with E-state index < -0.39 is 5.82 Å². The molecule has 1 amide bonds. The number of hydrogen-bond donors (Lipinski definition) is 1. The summed E-state index contributed by atoms with van der Waals surface area (Å²) in [6.07, 6.45) is 3.33. The monoisotopic (exact) mass is 481 g/mol. The molecule has 0 radical (unpaired) electrons. The lowest BCUT2D eigenvalue weighted by atomic mass is 10.0. The van der Waals surface area contributed by atoms with Gasteiger partial charge in [-0.25, -0.2) is 14.8 Å². The quantitative estimate of drug-likeness (QED) is 0.209. The molecule has 180 valence electrons. The fourth-order valence-corrected chi connectivity index (χ4v) is 4.55. The Morgan fingerprint density at radius 1 is 1.03 bits per heavy atom. The highest BCUT2D eigenvalue weighted by molar-refractivity contribution is 6.12. The molecule has 0 fully saturated rings. The highest BCUT2D eigenvalue weighted by Crippen LogP contribution is 2.24. The van der Waals surface area contributed by atoms with Crippen molar-refractivity contribution in [2.45, 2.75) is 27.3 Å². The number of hydrogen-bond acceptors (Lipinski definition) is 4. The van der Waals surface area contributed by atoms with E-state index in [1.54, 1.807) is 28.9 Å². The van der Waals surface area contributed by atoms with Crippen LogP contribution in [0.2, 0.25) is 0 Å². The summed E-state index contributed by atoms with van der Waals surface area (Å²) in [5, 5.41) is 4.18. The van der Waals surface area contributed by atoms with Crippen LogP contribution in [0.4, 0.5) is 4.39 Å². The number of rotatable bonds is 6. The predicted molar refractivity (Wildman–Crippen MR) is 137 cm³/mol. The van der Waals surface area contributed by atoms with Gasteiger partial charge in [-0.3, -0.25) is 9.59 Å². The van der Waals surface area contributed by atoms with E-state index in [2.05, 4.69) is 27.0 Å². The number of ketones is 1. The molecule has 8 heteroatoms. The first-order valence-corrected chi connectivity index (χ1v) is 11.6. The largest absolute Gasteiger partial charge is 0.329 e. The zero-order valence-electron chi connectivity index (χ0n) is 20.1. The number of nitrogens with zero attached hydrogens (tertiary/aromatic N) is 4. The predicted octanol–water partition coefficient (Wildman–Crippen LogP) is 5.06. The summed E-state index contributed by atoms with van der Waals surface area (Å²) >= 11 is 0. The van der Waals surface area contributed by atoms with Gasteiger partial charge in [0.05, 0.1) is 28.5 Å². The Hall–Kier alpha value is -4.59. The summed E-state index contributed by atoms with van der Waals surface area (Å²) in [7, 11) is 0. The fourth-order valence-electron chi connectivity index (χ4n) is 4.55. The first-order chi connectivity index (χ1) is 17.4. The summed E-state index contributed by atoms with van der Waals surface area (Å²) in [4.78, 5) is 30.6. The maximum absolute atomic E-state index is 13.4. The summed E-state index contributed by atoms with van der Waals surface area (Å²) in [5.74, 6) is -0.0990. The maximum Gasteiger partial charge on any atom is 0.271 e. The van der Waals surface area contributed by atoms with Crippen LogP contribution in [0.3, 0.4) is 0 Å². The van der Waals surface area contributed by atoms with Gasteiger partial charge in [0.2, 0.25) is 5.78 Å². The van der Waals surface area contributed by atoms with Crippen molar-refractivity contribution in [1.29, 1.82) is 0 Å². The number of nitrogens with one attached hydrogen (secondary N) is 1. The molecule has 0 saturated carbocycles. The van der Waals surface area contributed by atoms with Crippen molar-refractivity contribution in [3.8, 4) is 0 Å². The zero-order valence-corrected chi connectivity index (χ0v) is 20.1. The minimum absolute atomic E-state index is 0.229. The van der Waals surface area contributed by atoms with E-state index in [1.807, 2.05) is 38.1 Å². The first-order valence-electron chi connectivity index (χ1n) is 11.6. The summed E-state index contributed by atoms with van der Waals surface area (Å²) in [6, 6.07) is 16.4. The molecule has 7 nitrogen and oxygen atoms in total. The van der Waals surface area contributed by atoms with Crippen molar-refractivity contribution in [3.63, 3.8) is 0 Å². The number of aryl methyl sites for hydroxylation is 2. The number of aromatic nitrogens is 3. The van der Waals surface area contributed by atoms with Gasteiger partial charge < -0.3 is 8.97 Å². The Kier molecular flexibility index (Phi) is 5.93. The normalized spacial score (nSPS) is 11.6. The van der Waals surface area contributed by atoms with Crippen LogP contribution in [0.15, 0.2) is 72.0 Å². The molecule has 3 aromatic heterocycles. The topological polar surface area (TPSA) is 80.8 Å². The Morgan fingerprint density at radius 3 is 2.53 bits per heavy atom. The molecule has 5 rings (SSSR count). The number of fused-ring (bicyclic) bond motifs is 2. The second-order valence-electron chi connectivity index (χ2n) is 8.49. The second-order valence-corrected chi connectivity index (χ2v) is 8.49. The SMILES string of the molecule is CCn1c(C)nc2cc(C(=O)N/N=C/c3c(C)c(C(=O)c4ccc(F)cc4)n4ccccc34)ccc21. The van der Waals surface area contributed by atoms with E-state index in [1.165, 1.54) is 24.3 Å². The van der Waals surface area contributed by atoms with Crippen LogP contribution in [-0.2, 0) is 6.54 Å².